The third kappa shape index (κ3) is 4.05. The zero-order chi connectivity index (χ0) is 17.1. The maximum absolute atomic E-state index is 12.0. The second kappa shape index (κ2) is 7.21. The van der Waals surface area contributed by atoms with E-state index in [9.17, 15) is 14.4 Å². The maximum atomic E-state index is 12.0. The number of nitrogens with one attached hydrogen (secondary N) is 3. The Morgan fingerprint density at radius 3 is 2.58 bits per heavy atom. The highest BCUT2D eigenvalue weighted by molar-refractivity contribution is 9.10. The minimum Gasteiger partial charge on any atom is -0.456 e. The Kier molecular flexibility index (Phi) is 5.03. The van der Waals surface area contributed by atoms with E-state index in [-0.39, 0.29) is 18.3 Å². The van der Waals surface area contributed by atoms with Crippen molar-refractivity contribution in [2.45, 2.75) is 32.1 Å². The van der Waals surface area contributed by atoms with Crippen LogP contribution in [0.2, 0.25) is 0 Å². The Bertz CT molecular complexity index is 820. The Balaban J connectivity index is 1.55. The number of amides is 1. The monoisotopic (exact) mass is 395 g/mol. The van der Waals surface area contributed by atoms with Crippen molar-refractivity contribution in [2.24, 2.45) is 5.92 Å². The first-order valence-corrected chi connectivity index (χ1v) is 8.67. The predicted octanol–water partition coefficient (Wildman–Crippen LogP) is 2.68. The van der Waals surface area contributed by atoms with Gasteiger partial charge in [-0.15, -0.1) is 0 Å². The zero-order valence-corrected chi connectivity index (χ0v) is 14.6. The van der Waals surface area contributed by atoms with Gasteiger partial charge in [0.2, 0.25) is 0 Å². The van der Waals surface area contributed by atoms with Gasteiger partial charge in [0, 0.05) is 10.9 Å². The summed E-state index contributed by atoms with van der Waals surface area (Å²) in [4.78, 5) is 40.2. The molecule has 1 aromatic carbocycles. The van der Waals surface area contributed by atoms with Crippen molar-refractivity contribution in [3.63, 3.8) is 0 Å². The summed E-state index contributed by atoms with van der Waals surface area (Å²) in [5.74, 6) is -0.364. The second-order valence-electron chi connectivity index (χ2n) is 6.02. The number of ether oxygens (including phenoxy) is 1. The number of imidazole rings is 1. The van der Waals surface area contributed by atoms with Gasteiger partial charge in [-0.2, -0.15) is 0 Å². The van der Waals surface area contributed by atoms with Gasteiger partial charge in [-0.1, -0.05) is 12.8 Å². The summed E-state index contributed by atoms with van der Waals surface area (Å²) in [7, 11) is 0. The smallest absolute Gasteiger partial charge is 0.323 e. The molecule has 0 saturated heterocycles. The van der Waals surface area contributed by atoms with Crippen LogP contribution in [0.4, 0.5) is 5.69 Å². The zero-order valence-electron chi connectivity index (χ0n) is 13.0. The Labute approximate surface area is 146 Å². The van der Waals surface area contributed by atoms with Crippen LogP contribution in [0.5, 0.6) is 0 Å². The standard InChI is InChI=1S/C16H18BrN3O4/c17-10-6-12-13(20-16(23)19-12)7-11(10)18-14(21)8-24-15(22)5-9-3-1-2-4-9/h6-7,9H,1-5,8H2,(H,18,21)(H2,19,20,23). The number of esters is 1. The molecule has 0 bridgehead atoms. The molecule has 8 heteroatoms. The van der Waals surface area contributed by atoms with Crippen LogP contribution in [-0.4, -0.2) is 28.5 Å². The van der Waals surface area contributed by atoms with Crippen molar-refractivity contribution in [3.05, 3.63) is 27.1 Å². The molecule has 1 aromatic heterocycles. The number of rotatable bonds is 5. The van der Waals surface area contributed by atoms with Crippen LogP contribution >= 0.6 is 15.9 Å². The molecule has 2 aromatic rings. The Morgan fingerprint density at radius 1 is 1.21 bits per heavy atom. The van der Waals surface area contributed by atoms with Crippen LogP contribution in [0.3, 0.4) is 0 Å². The number of aromatic nitrogens is 2. The van der Waals surface area contributed by atoms with Crippen LogP contribution in [0.25, 0.3) is 11.0 Å². The first-order valence-electron chi connectivity index (χ1n) is 7.88. The quantitative estimate of drug-likeness (QED) is 0.676. The van der Waals surface area contributed by atoms with Crippen molar-refractivity contribution in [2.75, 3.05) is 11.9 Å². The minimum absolute atomic E-state index is 0.318. The van der Waals surface area contributed by atoms with E-state index in [4.69, 9.17) is 4.74 Å². The highest BCUT2D eigenvalue weighted by atomic mass is 79.9. The van der Waals surface area contributed by atoms with E-state index in [0.29, 0.717) is 33.5 Å². The molecule has 1 saturated carbocycles. The number of anilines is 1. The summed E-state index contributed by atoms with van der Waals surface area (Å²) in [5.41, 5.74) is 1.39. The molecule has 0 radical (unpaired) electrons. The summed E-state index contributed by atoms with van der Waals surface area (Å²) in [5, 5.41) is 2.66. The number of benzene rings is 1. The fraction of sp³-hybridized carbons (Fsp3) is 0.438. The third-order valence-corrected chi connectivity index (χ3v) is 4.83. The molecule has 1 heterocycles. The second-order valence-corrected chi connectivity index (χ2v) is 6.87. The fourth-order valence-electron chi connectivity index (χ4n) is 2.99. The van der Waals surface area contributed by atoms with Crippen molar-refractivity contribution in [1.29, 1.82) is 0 Å². The molecule has 7 nitrogen and oxygen atoms in total. The van der Waals surface area contributed by atoms with E-state index in [2.05, 4.69) is 31.2 Å². The maximum Gasteiger partial charge on any atom is 0.323 e. The van der Waals surface area contributed by atoms with Gasteiger partial charge in [-0.05, 0) is 46.8 Å². The number of H-pyrrole nitrogens is 2. The number of aromatic amines is 2. The van der Waals surface area contributed by atoms with Crippen LogP contribution < -0.4 is 11.0 Å². The topological polar surface area (TPSA) is 104 Å². The van der Waals surface area contributed by atoms with Gasteiger partial charge < -0.3 is 20.0 Å². The molecule has 128 valence electrons. The molecule has 3 rings (SSSR count). The minimum atomic E-state index is -0.423. The molecule has 0 atom stereocenters. The lowest BCUT2D eigenvalue weighted by atomic mass is 10.1. The number of hydrogen-bond acceptors (Lipinski definition) is 4. The van der Waals surface area contributed by atoms with Crippen LogP contribution in [0.1, 0.15) is 32.1 Å². The predicted molar refractivity (Wildman–Crippen MR) is 92.8 cm³/mol. The summed E-state index contributed by atoms with van der Waals surface area (Å²) >= 11 is 3.34. The van der Waals surface area contributed by atoms with Crippen LogP contribution in [0, 0.1) is 5.92 Å². The average molecular weight is 396 g/mol. The molecular weight excluding hydrogens is 378 g/mol. The molecular formula is C16H18BrN3O4. The molecule has 1 fully saturated rings. The number of carbonyl (C=O) groups is 2. The molecule has 3 N–H and O–H groups in total. The molecule has 0 unspecified atom stereocenters. The number of halogens is 1. The Morgan fingerprint density at radius 2 is 1.88 bits per heavy atom. The van der Waals surface area contributed by atoms with Gasteiger partial charge in [-0.25, -0.2) is 4.79 Å². The molecule has 24 heavy (non-hydrogen) atoms. The van der Waals surface area contributed by atoms with Gasteiger partial charge in [0.1, 0.15) is 0 Å². The highest BCUT2D eigenvalue weighted by Crippen LogP contribution is 2.28. The van der Waals surface area contributed by atoms with Gasteiger partial charge in [0.25, 0.3) is 5.91 Å². The van der Waals surface area contributed by atoms with Crippen molar-refractivity contribution < 1.29 is 14.3 Å². The van der Waals surface area contributed by atoms with E-state index < -0.39 is 5.91 Å². The number of hydrogen-bond donors (Lipinski definition) is 3. The lowest BCUT2D eigenvalue weighted by molar-refractivity contribution is -0.148. The summed E-state index contributed by atoms with van der Waals surface area (Å²) in [6, 6.07) is 3.32. The van der Waals surface area contributed by atoms with E-state index in [1.54, 1.807) is 12.1 Å². The molecule has 1 aliphatic carbocycles. The Hall–Kier alpha value is -2.09. The van der Waals surface area contributed by atoms with Crippen LogP contribution in [0.15, 0.2) is 21.4 Å². The van der Waals surface area contributed by atoms with E-state index in [1.807, 2.05) is 0 Å². The third-order valence-electron chi connectivity index (χ3n) is 4.17. The SMILES string of the molecule is O=C(COC(=O)CC1CCCC1)Nc1cc2[nH]c(=O)[nH]c2cc1Br. The van der Waals surface area contributed by atoms with Gasteiger partial charge in [0.15, 0.2) is 6.61 Å². The van der Waals surface area contributed by atoms with Crippen molar-refractivity contribution in [1.82, 2.24) is 9.97 Å². The summed E-state index contributed by atoms with van der Waals surface area (Å²) < 4.78 is 5.66. The average Bonchev–Trinajstić information content (AvgIpc) is 3.14. The normalized spacial score (nSPS) is 14.9. The number of fused-ring (bicyclic) bond motifs is 1. The van der Waals surface area contributed by atoms with Crippen molar-refractivity contribution in [3.8, 4) is 0 Å². The first kappa shape index (κ1) is 16.8. The van der Waals surface area contributed by atoms with E-state index in [1.165, 1.54) is 0 Å². The van der Waals surface area contributed by atoms with E-state index in [0.717, 1.165) is 25.7 Å². The van der Waals surface area contributed by atoms with Gasteiger partial charge in [-0.3, -0.25) is 9.59 Å². The van der Waals surface area contributed by atoms with Crippen molar-refractivity contribution >= 4 is 44.5 Å². The fourth-order valence-corrected chi connectivity index (χ4v) is 3.44. The highest BCUT2D eigenvalue weighted by Gasteiger charge is 2.20. The summed E-state index contributed by atoms with van der Waals surface area (Å²) in [6.07, 6.45) is 4.83. The van der Waals surface area contributed by atoms with Gasteiger partial charge in [0.05, 0.1) is 16.7 Å². The molecule has 0 spiro atoms. The molecule has 1 aliphatic rings. The van der Waals surface area contributed by atoms with Gasteiger partial charge >= 0.3 is 11.7 Å². The van der Waals surface area contributed by atoms with E-state index >= 15 is 0 Å². The first-order chi connectivity index (χ1) is 11.5. The lowest BCUT2D eigenvalue weighted by Gasteiger charge is -2.10. The molecule has 1 amide bonds. The lowest BCUT2D eigenvalue weighted by Crippen LogP contribution is -2.21. The van der Waals surface area contributed by atoms with Crippen LogP contribution in [-0.2, 0) is 14.3 Å². The molecule has 0 aliphatic heterocycles. The largest absolute Gasteiger partial charge is 0.456 e. The number of carbonyl (C=O) groups excluding carboxylic acids is 2. The summed E-state index contributed by atoms with van der Waals surface area (Å²) in [6.45, 7) is -0.320.